The molecular formula is C26H40N2O2. The molecule has 0 aliphatic rings. The fourth-order valence-electron chi connectivity index (χ4n) is 3.75. The Balaban J connectivity index is 1.72. The highest BCUT2D eigenvalue weighted by molar-refractivity contribution is 5.20. The average Bonchev–Trinajstić information content (AvgIpc) is 2.79. The van der Waals surface area contributed by atoms with Crippen molar-refractivity contribution < 1.29 is 9.84 Å². The van der Waals surface area contributed by atoms with E-state index >= 15 is 0 Å². The second-order valence-electron chi connectivity index (χ2n) is 8.19. The van der Waals surface area contributed by atoms with E-state index < -0.39 is 0 Å². The normalized spacial score (nSPS) is 12.1. The van der Waals surface area contributed by atoms with Crippen LogP contribution in [0.5, 0.6) is 5.75 Å². The van der Waals surface area contributed by atoms with E-state index in [0.717, 1.165) is 56.7 Å². The molecular weight excluding hydrogens is 372 g/mol. The molecule has 0 saturated heterocycles. The van der Waals surface area contributed by atoms with Crippen molar-refractivity contribution in [2.24, 2.45) is 0 Å². The Hall–Kier alpha value is -1.94. The van der Waals surface area contributed by atoms with Gasteiger partial charge in [-0.3, -0.25) is 0 Å². The Morgan fingerprint density at radius 2 is 1.53 bits per heavy atom. The molecule has 30 heavy (non-hydrogen) atoms. The summed E-state index contributed by atoms with van der Waals surface area (Å²) in [5.74, 6) is 2.18. The molecule has 1 atom stereocenters. The van der Waals surface area contributed by atoms with Gasteiger partial charge in [0.05, 0.1) is 6.61 Å². The fourth-order valence-corrected chi connectivity index (χ4v) is 3.75. The smallest absolute Gasteiger partial charge is 0.131 e. The average molecular weight is 413 g/mol. The van der Waals surface area contributed by atoms with Crippen LogP contribution in [0.25, 0.3) is 0 Å². The van der Waals surface area contributed by atoms with Crippen LogP contribution in [-0.4, -0.2) is 28.3 Å². The van der Waals surface area contributed by atoms with Crippen molar-refractivity contribution in [2.75, 3.05) is 13.2 Å². The summed E-state index contributed by atoms with van der Waals surface area (Å²) in [6.07, 6.45) is 17.8. The summed E-state index contributed by atoms with van der Waals surface area (Å²) >= 11 is 0. The zero-order valence-electron chi connectivity index (χ0n) is 18.8. The van der Waals surface area contributed by atoms with E-state index in [4.69, 9.17) is 4.74 Å². The van der Waals surface area contributed by atoms with Crippen LogP contribution >= 0.6 is 0 Å². The lowest BCUT2D eigenvalue weighted by Crippen LogP contribution is -2.07. The summed E-state index contributed by atoms with van der Waals surface area (Å²) in [4.78, 5) is 9.37. The third-order valence-electron chi connectivity index (χ3n) is 5.58. The predicted octanol–water partition coefficient (Wildman–Crippen LogP) is 6.49. The first kappa shape index (κ1) is 24.3. The number of benzene rings is 1. The maximum Gasteiger partial charge on any atom is 0.131 e. The second kappa shape index (κ2) is 15.8. The first-order valence-corrected chi connectivity index (χ1v) is 11.9. The van der Waals surface area contributed by atoms with Crippen molar-refractivity contribution in [3.05, 3.63) is 54.1 Å². The molecule has 0 aliphatic carbocycles. The van der Waals surface area contributed by atoms with E-state index in [-0.39, 0.29) is 6.61 Å². The fraction of sp³-hybridized carbons (Fsp3) is 0.615. The molecule has 1 heterocycles. The third-order valence-corrected chi connectivity index (χ3v) is 5.58. The summed E-state index contributed by atoms with van der Waals surface area (Å²) in [6.45, 7) is 3.21. The van der Waals surface area contributed by atoms with Gasteiger partial charge in [-0.05, 0) is 62.6 Å². The molecule has 2 aromatic rings. The number of aliphatic hydroxyl groups is 1. The van der Waals surface area contributed by atoms with Gasteiger partial charge in [0.1, 0.15) is 11.6 Å². The lowest BCUT2D eigenvalue weighted by Gasteiger charge is -2.15. The third kappa shape index (κ3) is 10.2. The summed E-state index contributed by atoms with van der Waals surface area (Å²) in [6, 6.07) is 9.97. The monoisotopic (exact) mass is 412 g/mol. The molecule has 0 bridgehead atoms. The van der Waals surface area contributed by atoms with E-state index in [1.54, 1.807) is 0 Å². The minimum absolute atomic E-state index is 0.226. The molecule has 0 aliphatic heterocycles. The highest BCUT2D eigenvalue weighted by Gasteiger charge is 2.14. The van der Waals surface area contributed by atoms with Gasteiger partial charge in [0.25, 0.3) is 0 Å². The van der Waals surface area contributed by atoms with Gasteiger partial charge >= 0.3 is 0 Å². The Kier molecular flexibility index (Phi) is 12.8. The summed E-state index contributed by atoms with van der Waals surface area (Å²) < 4.78 is 5.79. The van der Waals surface area contributed by atoms with Crippen LogP contribution in [0.2, 0.25) is 0 Å². The number of aliphatic hydroxyl groups excluding tert-OH is 1. The number of para-hydroxylation sites is 1. The van der Waals surface area contributed by atoms with Crippen molar-refractivity contribution in [3.8, 4) is 5.75 Å². The SMILES string of the molecule is CCCCCCCCc1cnc(C(CCCO)CCCCOc2ccccc2)nc1. The number of rotatable bonds is 17. The van der Waals surface area contributed by atoms with E-state index in [1.807, 2.05) is 42.7 Å². The topological polar surface area (TPSA) is 55.2 Å². The Morgan fingerprint density at radius 1 is 0.833 bits per heavy atom. The molecule has 1 unspecified atom stereocenters. The van der Waals surface area contributed by atoms with Gasteiger partial charge in [-0.25, -0.2) is 9.97 Å². The van der Waals surface area contributed by atoms with Gasteiger partial charge in [0.15, 0.2) is 0 Å². The molecule has 2 rings (SSSR count). The maximum absolute atomic E-state index is 9.26. The largest absolute Gasteiger partial charge is 0.494 e. The van der Waals surface area contributed by atoms with Crippen LogP contribution in [-0.2, 0) is 6.42 Å². The predicted molar refractivity (Wildman–Crippen MR) is 124 cm³/mol. The Labute approximate surface area is 183 Å². The first-order chi connectivity index (χ1) is 14.8. The van der Waals surface area contributed by atoms with Crippen molar-refractivity contribution >= 4 is 0 Å². The molecule has 1 aromatic carbocycles. The number of hydrogen-bond acceptors (Lipinski definition) is 4. The van der Waals surface area contributed by atoms with Gasteiger partial charge in [-0.2, -0.15) is 0 Å². The van der Waals surface area contributed by atoms with Gasteiger partial charge in [0, 0.05) is 24.9 Å². The molecule has 4 heteroatoms. The highest BCUT2D eigenvalue weighted by atomic mass is 16.5. The number of hydrogen-bond donors (Lipinski definition) is 1. The lowest BCUT2D eigenvalue weighted by atomic mass is 9.95. The maximum atomic E-state index is 9.26. The second-order valence-corrected chi connectivity index (χ2v) is 8.19. The highest BCUT2D eigenvalue weighted by Crippen LogP contribution is 2.24. The van der Waals surface area contributed by atoms with Crippen LogP contribution in [0, 0.1) is 0 Å². The Bertz CT molecular complexity index is 646. The van der Waals surface area contributed by atoms with Crippen molar-refractivity contribution in [1.29, 1.82) is 0 Å². The van der Waals surface area contributed by atoms with Gasteiger partial charge < -0.3 is 9.84 Å². The molecule has 0 spiro atoms. The molecule has 1 N–H and O–H groups in total. The number of aryl methyl sites for hydroxylation is 1. The molecule has 0 radical (unpaired) electrons. The first-order valence-electron chi connectivity index (χ1n) is 11.9. The molecule has 4 nitrogen and oxygen atoms in total. The number of nitrogens with zero attached hydrogens (tertiary/aromatic N) is 2. The van der Waals surface area contributed by atoms with Gasteiger partial charge in [-0.1, -0.05) is 57.2 Å². The van der Waals surface area contributed by atoms with Crippen LogP contribution in [0.15, 0.2) is 42.7 Å². The molecule has 1 aromatic heterocycles. The van der Waals surface area contributed by atoms with Crippen LogP contribution in [0.3, 0.4) is 0 Å². The minimum atomic E-state index is 0.226. The lowest BCUT2D eigenvalue weighted by molar-refractivity contribution is 0.273. The van der Waals surface area contributed by atoms with Crippen LogP contribution in [0.1, 0.15) is 94.9 Å². The summed E-state index contributed by atoms with van der Waals surface area (Å²) in [5.41, 5.74) is 1.24. The zero-order valence-corrected chi connectivity index (χ0v) is 18.8. The zero-order chi connectivity index (χ0) is 21.3. The molecule has 0 amide bonds. The van der Waals surface area contributed by atoms with Gasteiger partial charge in [0.2, 0.25) is 0 Å². The quantitative estimate of drug-likeness (QED) is 0.302. The molecule has 0 saturated carbocycles. The van der Waals surface area contributed by atoms with Crippen molar-refractivity contribution in [1.82, 2.24) is 9.97 Å². The van der Waals surface area contributed by atoms with E-state index in [9.17, 15) is 5.11 Å². The summed E-state index contributed by atoms with van der Waals surface area (Å²) in [5, 5.41) is 9.26. The number of unbranched alkanes of at least 4 members (excludes halogenated alkanes) is 6. The van der Waals surface area contributed by atoms with Crippen molar-refractivity contribution in [2.45, 2.75) is 89.9 Å². The van der Waals surface area contributed by atoms with Crippen LogP contribution < -0.4 is 4.74 Å². The standard InChI is InChI=1S/C26H40N2O2/c1-2-3-4-5-6-8-14-23-21-27-26(28-22-23)24(16-13-19-29)15-11-12-20-30-25-17-9-7-10-18-25/h7,9-10,17-18,21-22,24,29H,2-6,8,11-16,19-20H2,1H3. The van der Waals surface area contributed by atoms with E-state index in [0.29, 0.717) is 5.92 Å². The number of ether oxygens (including phenoxy) is 1. The minimum Gasteiger partial charge on any atom is -0.494 e. The molecule has 0 fully saturated rings. The van der Waals surface area contributed by atoms with Gasteiger partial charge in [-0.15, -0.1) is 0 Å². The van der Waals surface area contributed by atoms with E-state index in [1.165, 1.54) is 44.1 Å². The van der Waals surface area contributed by atoms with Crippen LogP contribution in [0.4, 0.5) is 0 Å². The summed E-state index contributed by atoms with van der Waals surface area (Å²) in [7, 11) is 0. The Morgan fingerprint density at radius 3 is 2.27 bits per heavy atom. The molecule has 166 valence electrons. The van der Waals surface area contributed by atoms with Crippen molar-refractivity contribution in [3.63, 3.8) is 0 Å². The number of aromatic nitrogens is 2. The van der Waals surface area contributed by atoms with E-state index in [2.05, 4.69) is 16.9 Å².